The summed E-state index contributed by atoms with van der Waals surface area (Å²) in [4.78, 5) is 0.229. The van der Waals surface area contributed by atoms with Gasteiger partial charge in [-0.2, -0.15) is 0 Å². The normalized spacial score (nSPS) is 16.2. The summed E-state index contributed by atoms with van der Waals surface area (Å²) in [5.41, 5.74) is 3.41. The van der Waals surface area contributed by atoms with Gasteiger partial charge in [0.25, 0.3) is 10.0 Å². The molecular formula is C19H23NO4S. The summed E-state index contributed by atoms with van der Waals surface area (Å²) >= 11 is 0. The van der Waals surface area contributed by atoms with Crippen molar-refractivity contribution in [2.75, 3.05) is 11.3 Å². The molecule has 0 saturated heterocycles. The lowest BCUT2D eigenvalue weighted by molar-refractivity contribution is 0.254. The van der Waals surface area contributed by atoms with Crippen molar-refractivity contribution in [3.05, 3.63) is 47.0 Å². The lowest BCUT2D eigenvalue weighted by Gasteiger charge is -2.15. The molecule has 2 aromatic carbocycles. The number of fused-ring (bicyclic) bond motifs is 1. The van der Waals surface area contributed by atoms with Gasteiger partial charge in [0.05, 0.1) is 17.2 Å². The fraction of sp³-hybridized carbons (Fsp3) is 0.368. The Bertz CT molecular complexity index is 906. The minimum absolute atomic E-state index is 0.0797. The van der Waals surface area contributed by atoms with E-state index in [1.807, 2.05) is 33.8 Å². The molecule has 5 nitrogen and oxygen atoms in total. The number of anilines is 1. The van der Waals surface area contributed by atoms with Crippen molar-refractivity contribution < 1.29 is 17.9 Å². The van der Waals surface area contributed by atoms with Crippen LogP contribution in [0.1, 0.15) is 30.5 Å². The Hall–Kier alpha value is -2.21. The lowest BCUT2D eigenvalue weighted by Crippen LogP contribution is -2.14. The number of rotatable bonds is 5. The minimum Gasteiger partial charge on any atom is -0.492 e. The average molecular weight is 361 g/mol. The molecule has 134 valence electrons. The van der Waals surface area contributed by atoms with Crippen molar-refractivity contribution in [2.45, 2.75) is 45.1 Å². The maximum absolute atomic E-state index is 12.8. The molecule has 0 spiro atoms. The molecule has 1 atom stereocenters. The van der Waals surface area contributed by atoms with Crippen LogP contribution in [-0.4, -0.2) is 21.1 Å². The number of hydrogen-bond donors (Lipinski definition) is 1. The highest BCUT2D eigenvalue weighted by Gasteiger charge is 2.24. The summed E-state index contributed by atoms with van der Waals surface area (Å²) in [6.45, 7) is 8.15. The highest BCUT2D eigenvalue weighted by atomic mass is 32.2. The highest BCUT2D eigenvalue weighted by molar-refractivity contribution is 7.92. The maximum atomic E-state index is 12.8. The fourth-order valence-corrected chi connectivity index (χ4v) is 4.02. The third-order valence-corrected chi connectivity index (χ3v) is 5.69. The number of sulfonamides is 1. The molecule has 0 bridgehead atoms. The quantitative estimate of drug-likeness (QED) is 0.879. The zero-order chi connectivity index (χ0) is 18.2. The summed E-state index contributed by atoms with van der Waals surface area (Å²) in [5.74, 6) is 1.22. The summed E-state index contributed by atoms with van der Waals surface area (Å²) in [5, 5.41) is 0. The van der Waals surface area contributed by atoms with E-state index >= 15 is 0 Å². The first kappa shape index (κ1) is 17.6. The second-order valence-corrected chi connectivity index (χ2v) is 8.06. The van der Waals surface area contributed by atoms with Gasteiger partial charge >= 0.3 is 0 Å². The number of aryl methyl sites for hydroxylation is 2. The molecule has 0 aliphatic carbocycles. The number of ether oxygens (including phenoxy) is 2. The second kappa shape index (κ2) is 6.59. The van der Waals surface area contributed by atoms with Gasteiger partial charge in [0.1, 0.15) is 17.6 Å². The van der Waals surface area contributed by atoms with Crippen LogP contribution in [0.15, 0.2) is 35.2 Å². The standard InChI is InChI=1S/C19H23NO4S/c1-5-23-19-10-15-9-14(4)24-18(15)11-17(19)20-25(21,22)16-7-6-12(2)13(3)8-16/h6-8,10-11,14,20H,5,9H2,1-4H3. The van der Waals surface area contributed by atoms with Crippen LogP contribution in [-0.2, 0) is 16.4 Å². The smallest absolute Gasteiger partial charge is 0.262 e. The molecule has 1 heterocycles. The molecule has 1 aliphatic heterocycles. The van der Waals surface area contributed by atoms with Crippen LogP contribution in [0, 0.1) is 13.8 Å². The van der Waals surface area contributed by atoms with Crippen LogP contribution in [0.25, 0.3) is 0 Å². The summed E-state index contributed by atoms with van der Waals surface area (Å²) in [6.07, 6.45) is 0.871. The molecule has 3 rings (SSSR count). The average Bonchev–Trinajstić information content (AvgIpc) is 2.89. The van der Waals surface area contributed by atoms with Crippen LogP contribution in [0.4, 0.5) is 5.69 Å². The van der Waals surface area contributed by atoms with Gasteiger partial charge in [0, 0.05) is 18.1 Å². The summed E-state index contributed by atoms with van der Waals surface area (Å²) in [6, 6.07) is 8.66. The molecule has 0 saturated carbocycles. The van der Waals surface area contributed by atoms with Crippen LogP contribution in [0.2, 0.25) is 0 Å². The van der Waals surface area contributed by atoms with Crippen LogP contribution < -0.4 is 14.2 Å². The molecular weight excluding hydrogens is 338 g/mol. The second-order valence-electron chi connectivity index (χ2n) is 6.37. The topological polar surface area (TPSA) is 64.6 Å². The van der Waals surface area contributed by atoms with Crippen molar-refractivity contribution >= 4 is 15.7 Å². The van der Waals surface area contributed by atoms with Crippen LogP contribution in [0.3, 0.4) is 0 Å². The molecule has 1 aliphatic rings. The molecule has 2 aromatic rings. The van der Waals surface area contributed by atoms with Crippen molar-refractivity contribution in [1.29, 1.82) is 0 Å². The van der Waals surface area contributed by atoms with Crippen LogP contribution in [0.5, 0.6) is 11.5 Å². The van der Waals surface area contributed by atoms with E-state index in [1.165, 1.54) is 0 Å². The van der Waals surface area contributed by atoms with E-state index in [9.17, 15) is 8.42 Å². The van der Waals surface area contributed by atoms with Crippen LogP contribution >= 0.6 is 0 Å². The Morgan fingerprint density at radius 3 is 2.64 bits per heavy atom. The zero-order valence-electron chi connectivity index (χ0n) is 14.9. The van der Waals surface area contributed by atoms with E-state index in [-0.39, 0.29) is 11.0 Å². The van der Waals surface area contributed by atoms with Gasteiger partial charge in [-0.05, 0) is 57.0 Å². The van der Waals surface area contributed by atoms with Gasteiger partial charge in [-0.1, -0.05) is 6.07 Å². The SMILES string of the molecule is CCOc1cc2c(cc1NS(=O)(=O)c1ccc(C)c(C)c1)OC(C)C2. The molecule has 1 unspecified atom stereocenters. The maximum Gasteiger partial charge on any atom is 0.262 e. The molecule has 0 fully saturated rings. The van der Waals surface area contributed by atoms with E-state index in [2.05, 4.69) is 4.72 Å². The van der Waals surface area contributed by atoms with Gasteiger partial charge < -0.3 is 9.47 Å². The van der Waals surface area contributed by atoms with Crippen molar-refractivity contribution in [1.82, 2.24) is 0 Å². The van der Waals surface area contributed by atoms with E-state index < -0.39 is 10.0 Å². The van der Waals surface area contributed by atoms with E-state index in [0.29, 0.717) is 23.8 Å². The van der Waals surface area contributed by atoms with Gasteiger partial charge in [0.2, 0.25) is 0 Å². The predicted molar refractivity (Wildman–Crippen MR) is 98.1 cm³/mol. The Balaban J connectivity index is 1.98. The lowest BCUT2D eigenvalue weighted by atomic mass is 10.1. The molecule has 6 heteroatoms. The Kier molecular flexibility index (Phi) is 4.64. The van der Waals surface area contributed by atoms with E-state index in [0.717, 1.165) is 23.1 Å². The zero-order valence-corrected chi connectivity index (χ0v) is 15.7. The van der Waals surface area contributed by atoms with Crippen molar-refractivity contribution in [3.8, 4) is 11.5 Å². The van der Waals surface area contributed by atoms with Crippen molar-refractivity contribution in [3.63, 3.8) is 0 Å². The summed E-state index contributed by atoms with van der Waals surface area (Å²) in [7, 11) is -3.71. The fourth-order valence-electron chi connectivity index (χ4n) is 2.88. The Morgan fingerprint density at radius 2 is 1.96 bits per heavy atom. The van der Waals surface area contributed by atoms with E-state index in [4.69, 9.17) is 9.47 Å². The number of nitrogens with one attached hydrogen (secondary N) is 1. The van der Waals surface area contributed by atoms with Gasteiger partial charge in [-0.15, -0.1) is 0 Å². The van der Waals surface area contributed by atoms with Gasteiger partial charge in [-0.3, -0.25) is 4.72 Å². The minimum atomic E-state index is -3.71. The molecule has 25 heavy (non-hydrogen) atoms. The van der Waals surface area contributed by atoms with Crippen molar-refractivity contribution in [2.24, 2.45) is 0 Å². The first-order valence-electron chi connectivity index (χ1n) is 8.36. The third-order valence-electron chi connectivity index (χ3n) is 4.33. The highest BCUT2D eigenvalue weighted by Crippen LogP contribution is 2.38. The first-order chi connectivity index (χ1) is 11.8. The van der Waals surface area contributed by atoms with Gasteiger partial charge in [0.15, 0.2) is 0 Å². The van der Waals surface area contributed by atoms with Gasteiger partial charge in [-0.25, -0.2) is 8.42 Å². The summed E-state index contributed by atoms with van der Waals surface area (Å²) < 4.78 is 39.6. The Labute approximate surface area is 149 Å². The molecule has 1 N–H and O–H groups in total. The molecule has 0 radical (unpaired) electrons. The number of benzene rings is 2. The number of hydrogen-bond acceptors (Lipinski definition) is 4. The third kappa shape index (κ3) is 3.58. The Morgan fingerprint density at radius 1 is 1.20 bits per heavy atom. The molecule has 0 amide bonds. The first-order valence-corrected chi connectivity index (χ1v) is 9.85. The largest absolute Gasteiger partial charge is 0.492 e. The predicted octanol–water partition coefficient (Wildman–Crippen LogP) is 3.83. The van der Waals surface area contributed by atoms with E-state index in [1.54, 1.807) is 24.3 Å². The monoisotopic (exact) mass is 361 g/mol. The molecule has 0 aromatic heterocycles.